The molecule has 1 aromatic heterocycles. The standard InChI is InChI=1S/C18H21F3N4O2S/c1-3-22-17(23-9-8-15-25-14(11-28-15)18(19,20)21)24-10-12-4-6-13(7-5-12)16(26)27-2/h4-7,11H,3,8-10H2,1-2H3,(H2,22,23,24). The molecule has 0 amide bonds. The Kier molecular flexibility index (Phi) is 7.80. The van der Waals surface area contributed by atoms with E-state index in [0.717, 1.165) is 22.3 Å². The lowest BCUT2D eigenvalue weighted by Crippen LogP contribution is -2.38. The molecule has 2 rings (SSSR count). The predicted molar refractivity (Wildman–Crippen MR) is 101 cm³/mol. The van der Waals surface area contributed by atoms with Crippen LogP contribution in [0.4, 0.5) is 13.2 Å². The van der Waals surface area contributed by atoms with Crippen LogP contribution in [-0.2, 0) is 23.9 Å². The number of aromatic nitrogens is 1. The van der Waals surface area contributed by atoms with Gasteiger partial charge in [-0.3, -0.25) is 0 Å². The summed E-state index contributed by atoms with van der Waals surface area (Å²) in [6, 6.07) is 6.90. The monoisotopic (exact) mass is 414 g/mol. The van der Waals surface area contributed by atoms with Gasteiger partial charge in [-0.1, -0.05) is 12.1 Å². The Labute approximate surface area is 164 Å². The van der Waals surface area contributed by atoms with Crippen LogP contribution < -0.4 is 10.6 Å². The minimum absolute atomic E-state index is 0.360. The van der Waals surface area contributed by atoms with Crippen molar-refractivity contribution in [3.63, 3.8) is 0 Å². The maximum absolute atomic E-state index is 12.6. The third-order valence-electron chi connectivity index (χ3n) is 3.61. The molecule has 0 unspecified atom stereocenters. The lowest BCUT2D eigenvalue weighted by atomic mass is 10.1. The van der Waals surface area contributed by atoms with Crippen molar-refractivity contribution in [2.24, 2.45) is 4.99 Å². The molecule has 1 aromatic carbocycles. The van der Waals surface area contributed by atoms with Crippen molar-refractivity contribution in [3.8, 4) is 0 Å². The summed E-state index contributed by atoms with van der Waals surface area (Å²) in [6.45, 7) is 3.34. The SMILES string of the molecule is CCNC(=NCc1ccc(C(=O)OC)cc1)NCCc1nc(C(F)(F)F)cs1. The number of esters is 1. The first-order valence-electron chi connectivity index (χ1n) is 8.54. The third kappa shape index (κ3) is 6.52. The second kappa shape index (κ2) is 10.1. The van der Waals surface area contributed by atoms with Crippen LogP contribution in [0.1, 0.15) is 33.5 Å². The lowest BCUT2D eigenvalue weighted by molar-refractivity contribution is -0.140. The van der Waals surface area contributed by atoms with Crippen LogP contribution in [0.2, 0.25) is 0 Å². The Balaban J connectivity index is 1.89. The number of nitrogens with zero attached hydrogens (tertiary/aromatic N) is 2. The molecule has 0 saturated heterocycles. The molecule has 2 aromatic rings. The second-order valence-corrected chi connectivity index (χ2v) is 6.63. The van der Waals surface area contributed by atoms with E-state index in [-0.39, 0.29) is 0 Å². The summed E-state index contributed by atoms with van der Waals surface area (Å²) in [7, 11) is 1.32. The second-order valence-electron chi connectivity index (χ2n) is 5.68. The largest absolute Gasteiger partial charge is 0.465 e. The zero-order valence-electron chi connectivity index (χ0n) is 15.5. The Hall–Kier alpha value is -2.62. The van der Waals surface area contributed by atoms with Crippen LogP contribution in [0.15, 0.2) is 34.6 Å². The van der Waals surface area contributed by atoms with E-state index in [9.17, 15) is 18.0 Å². The van der Waals surface area contributed by atoms with Gasteiger partial charge in [-0.05, 0) is 24.6 Å². The fraction of sp³-hybridized carbons (Fsp3) is 0.389. The molecular weight excluding hydrogens is 393 g/mol. The summed E-state index contributed by atoms with van der Waals surface area (Å²) in [5, 5.41) is 7.58. The van der Waals surface area contributed by atoms with Crippen molar-refractivity contribution >= 4 is 23.3 Å². The van der Waals surface area contributed by atoms with Crippen molar-refractivity contribution in [2.75, 3.05) is 20.2 Å². The number of carbonyl (C=O) groups excluding carboxylic acids is 1. The highest BCUT2D eigenvalue weighted by Gasteiger charge is 2.33. The van der Waals surface area contributed by atoms with Crippen LogP contribution in [0, 0.1) is 0 Å². The average molecular weight is 414 g/mol. The van der Waals surface area contributed by atoms with Gasteiger partial charge in [-0.15, -0.1) is 11.3 Å². The van der Waals surface area contributed by atoms with E-state index in [2.05, 4.69) is 25.3 Å². The summed E-state index contributed by atoms with van der Waals surface area (Å²) < 4.78 is 42.4. The smallest absolute Gasteiger partial charge is 0.434 e. The summed E-state index contributed by atoms with van der Waals surface area (Å²) in [5.74, 6) is 0.146. The van der Waals surface area contributed by atoms with Gasteiger partial charge < -0.3 is 15.4 Å². The van der Waals surface area contributed by atoms with Gasteiger partial charge in [0.05, 0.1) is 24.2 Å². The number of guanidine groups is 1. The summed E-state index contributed by atoms with van der Waals surface area (Å²) >= 11 is 0.988. The van der Waals surface area contributed by atoms with E-state index in [1.165, 1.54) is 7.11 Å². The van der Waals surface area contributed by atoms with Crippen molar-refractivity contribution < 1.29 is 22.7 Å². The lowest BCUT2D eigenvalue weighted by Gasteiger charge is -2.10. The van der Waals surface area contributed by atoms with Crippen LogP contribution >= 0.6 is 11.3 Å². The highest BCUT2D eigenvalue weighted by Crippen LogP contribution is 2.29. The number of carbonyl (C=O) groups is 1. The van der Waals surface area contributed by atoms with E-state index >= 15 is 0 Å². The summed E-state index contributed by atoms with van der Waals surface area (Å²) in [4.78, 5) is 19.5. The molecule has 152 valence electrons. The normalized spacial score (nSPS) is 12.0. The Bertz CT molecular complexity index is 804. The summed E-state index contributed by atoms with van der Waals surface area (Å²) in [5.41, 5.74) is 0.505. The summed E-state index contributed by atoms with van der Waals surface area (Å²) in [6.07, 6.45) is -4.05. The van der Waals surface area contributed by atoms with Gasteiger partial charge in [0.15, 0.2) is 11.7 Å². The minimum atomic E-state index is -4.41. The molecule has 0 spiro atoms. The van der Waals surface area contributed by atoms with E-state index < -0.39 is 17.8 Å². The molecule has 0 aliphatic heterocycles. The molecule has 28 heavy (non-hydrogen) atoms. The van der Waals surface area contributed by atoms with Gasteiger partial charge in [-0.2, -0.15) is 13.2 Å². The van der Waals surface area contributed by atoms with Gasteiger partial charge in [0.1, 0.15) is 0 Å². The molecular formula is C18H21F3N4O2S. The van der Waals surface area contributed by atoms with Gasteiger partial charge >= 0.3 is 12.1 Å². The van der Waals surface area contributed by atoms with E-state index in [1.54, 1.807) is 24.3 Å². The molecule has 0 atom stereocenters. The van der Waals surface area contributed by atoms with Crippen LogP contribution in [0.3, 0.4) is 0 Å². The number of thiazole rings is 1. The van der Waals surface area contributed by atoms with Gasteiger partial charge in [0.25, 0.3) is 0 Å². The topological polar surface area (TPSA) is 75.6 Å². The highest BCUT2D eigenvalue weighted by molar-refractivity contribution is 7.09. The number of rotatable bonds is 7. The number of alkyl halides is 3. The van der Waals surface area contributed by atoms with Crippen molar-refractivity contribution in [2.45, 2.75) is 26.1 Å². The molecule has 0 aliphatic rings. The molecule has 0 aliphatic carbocycles. The number of halogens is 3. The molecule has 0 radical (unpaired) electrons. The molecule has 0 bridgehead atoms. The van der Waals surface area contributed by atoms with Crippen molar-refractivity contribution in [1.82, 2.24) is 15.6 Å². The maximum atomic E-state index is 12.6. The van der Waals surface area contributed by atoms with E-state index in [1.807, 2.05) is 6.92 Å². The fourth-order valence-electron chi connectivity index (χ4n) is 2.22. The Morgan fingerprint density at radius 3 is 2.54 bits per heavy atom. The molecule has 10 heteroatoms. The first-order valence-corrected chi connectivity index (χ1v) is 9.42. The number of nitrogens with one attached hydrogen (secondary N) is 2. The van der Waals surface area contributed by atoms with Crippen molar-refractivity contribution in [3.05, 3.63) is 51.5 Å². The number of methoxy groups -OCH3 is 1. The molecule has 6 nitrogen and oxygen atoms in total. The number of aliphatic imine (C=N–C) groups is 1. The van der Waals surface area contributed by atoms with Gasteiger partial charge in [0.2, 0.25) is 0 Å². The van der Waals surface area contributed by atoms with Gasteiger partial charge in [0, 0.05) is 24.9 Å². The quantitative estimate of drug-likeness (QED) is 0.413. The molecule has 2 N–H and O–H groups in total. The number of hydrogen-bond donors (Lipinski definition) is 2. The van der Waals surface area contributed by atoms with E-state index in [4.69, 9.17) is 0 Å². The van der Waals surface area contributed by atoms with Crippen LogP contribution in [0.25, 0.3) is 0 Å². The highest BCUT2D eigenvalue weighted by atomic mass is 32.1. The van der Waals surface area contributed by atoms with Gasteiger partial charge in [-0.25, -0.2) is 14.8 Å². The third-order valence-corrected chi connectivity index (χ3v) is 4.52. The Morgan fingerprint density at radius 1 is 1.25 bits per heavy atom. The number of hydrogen-bond acceptors (Lipinski definition) is 5. The van der Waals surface area contributed by atoms with E-state index in [0.29, 0.717) is 42.6 Å². The Morgan fingerprint density at radius 2 is 1.96 bits per heavy atom. The number of ether oxygens (including phenoxy) is 1. The average Bonchev–Trinajstić information content (AvgIpc) is 3.15. The minimum Gasteiger partial charge on any atom is -0.465 e. The predicted octanol–water partition coefficient (Wildman–Crippen LogP) is 3.25. The first kappa shape index (κ1) is 21.7. The fourth-order valence-corrected chi connectivity index (χ4v) is 3.02. The zero-order valence-corrected chi connectivity index (χ0v) is 16.3. The molecule has 0 fully saturated rings. The molecule has 0 saturated carbocycles. The molecule has 1 heterocycles. The van der Waals surface area contributed by atoms with Crippen LogP contribution in [0.5, 0.6) is 0 Å². The van der Waals surface area contributed by atoms with Crippen molar-refractivity contribution in [1.29, 1.82) is 0 Å². The van der Waals surface area contributed by atoms with Crippen LogP contribution in [-0.4, -0.2) is 37.1 Å². The number of benzene rings is 1. The zero-order chi connectivity index (χ0) is 20.6. The maximum Gasteiger partial charge on any atom is 0.434 e. The first-order chi connectivity index (χ1) is 13.3.